The molecule has 0 spiro atoms. The molecule has 3 heteroatoms. The van der Waals surface area contributed by atoms with Gasteiger partial charge >= 0.3 is 0 Å². The van der Waals surface area contributed by atoms with E-state index in [-0.39, 0.29) is 11.7 Å². The van der Waals surface area contributed by atoms with E-state index in [0.717, 1.165) is 5.69 Å². The van der Waals surface area contributed by atoms with Gasteiger partial charge in [0.25, 0.3) is 0 Å². The van der Waals surface area contributed by atoms with E-state index in [2.05, 4.69) is 5.16 Å². The van der Waals surface area contributed by atoms with Crippen LogP contribution >= 0.6 is 0 Å². The molecule has 0 aliphatic carbocycles. The van der Waals surface area contributed by atoms with Crippen molar-refractivity contribution in [3.63, 3.8) is 0 Å². The fraction of sp³-hybridized carbons (Fsp3) is 0.500. The Bertz CT molecular complexity index is 265. The van der Waals surface area contributed by atoms with Crippen molar-refractivity contribution < 1.29 is 9.32 Å². The zero-order valence-corrected chi connectivity index (χ0v) is 6.92. The monoisotopic (exact) mass is 153 g/mol. The van der Waals surface area contributed by atoms with Crippen molar-refractivity contribution in [2.24, 2.45) is 0 Å². The number of aryl methyl sites for hydroxylation is 1. The van der Waals surface area contributed by atoms with Crippen molar-refractivity contribution in [3.05, 3.63) is 17.5 Å². The zero-order chi connectivity index (χ0) is 8.43. The lowest BCUT2D eigenvalue weighted by molar-refractivity contribution is -0.118. The molecule has 11 heavy (non-hydrogen) atoms. The van der Waals surface area contributed by atoms with Crippen LogP contribution in [0.3, 0.4) is 0 Å². The third kappa shape index (κ3) is 1.67. The summed E-state index contributed by atoms with van der Waals surface area (Å²) in [6.07, 6.45) is 0. The summed E-state index contributed by atoms with van der Waals surface area (Å²) in [6, 6.07) is 1.78. The lowest BCUT2D eigenvalue weighted by atomic mass is 10.1. The molecule has 1 aromatic heterocycles. The molecule has 1 aromatic rings. The second kappa shape index (κ2) is 2.86. The topological polar surface area (TPSA) is 43.1 Å². The SMILES string of the molecule is CC(=O)C(C)c1cc(C)no1. The number of hydrogen-bond donors (Lipinski definition) is 0. The van der Waals surface area contributed by atoms with Gasteiger partial charge in [0.2, 0.25) is 0 Å². The van der Waals surface area contributed by atoms with Gasteiger partial charge in [-0.25, -0.2) is 0 Å². The summed E-state index contributed by atoms with van der Waals surface area (Å²) in [5.41, 5.74) is 0.813. The van der Waals surface area contributed by atoms with Gasteiger partial charge < -0.3 is 4.52 Å². The first-order valence-corrected chi connectivity index (χ1v) is 3.55. The first kappa shape index (κ1) is 7.98. The molecule has 0 saturated heterocycles. The van der Waals surface area contributed by atoms with Crippen LogP contribution < -0.4 is 0 Å². The Hall–Kier alpha value is -1.12. The molecule has 0 aromatic carbocycles. The van der Waals surface area contributed by atoms with Crippen molar-refractivity contribution in [3.8, 4) is 0 Å². The van der Waals surface area contributed by atoms with Gasteiger partial charge in [-0.05, 0) is 20.8 Å². The van der Waals surface area contributed by atoms with Gasteiger partial charge in [0.05, 0.1) is 11.6 Å². The van der Waals surface area contributed by atoms with Gasteiger partial charge in [0.15, 0.2) is 0 Å². The van der Waals surface area contributed by atoms with Crippen LogP contribution in [0.15, 0.2) is 10.6 Å². The Labute approximate surface area is 65.4 Å². The smallest absolute Gasteiger partial charge is 0.147 e. The Morgan fingerprint density at radius 2 is 2.36 bits per heavy atom. The Morgan fingerprint density at radius 3 is 2.73 bits per heavy atom. The maximum atomic E-state index is 10.9. The second-order valence-corrected chi connectivity index (χ2v) is 2.70. The standard InChI is InChI=1S/C8H11NO2/c1-5-4-8(11-9-5)6(2)7(3)10/h4,6H,1-3H3. The third-order valence-electron chi connectivity index (χ3n) is 1.68. The highest BCUT2D eigenvalue weighted by Gasteiger charge is 2.14. The molecule has 0 radical (unpaired) electrons. The van der Waals surface area contributed by atoms with Crippen LogP contribution in [-0.2, 0) is 4.79 Å². The van der Waals surface area contributed by atoms with E-state index in [4.69, 9.17) is 4.52 Å². The van der Waals surface area contributed by atoms with E-state index in [1.807, 2.05) is 13.8 Å². The summed E-state index contributed by atoms with van der Waals surface area (Å²) in [7, 11) is 0. The minimum atomic E-state index is -0.170. The summed E-state index contributed by atoms with van der Waals surface area (Å²) in [5.74, 6) is 0.576. The largest absolute Gasteiger partial charge is 0.360 e. The van der Waals surface area contributed by atoms with Crippen LogP contribution in [-0.4, -0.2) is 10.9 Å². The molecule has 0 amide bonds. The Morgan fingerprint density at radius 1 is 1.73 bits per heavy atom. The van der Waals surface area contributed by atoms with Crippen LogP contribution in [0.4, 0.5) is 0 Å². The minimum Gasteiger partial charge on any atom is -0.360 e. The predicted octanol–water partition coefficient (Wildman–Crippen LogP) is 1.68. The highest BCUT2D eigenvalue weighted by atomic mass is 16.5. The van der Waals surface area contributed by atoms with E-state index in [1.54, 1.807) is 13.0 Å². The van der Waals surface area contributed by atoms with E-state index < -0.39 is 0 Å². The van der Waals surface area contributed by atoms with Crippen LogP contribution in [0.2, 0.25) is 0 Å². The summed E-state index contributed by atoms with van der Waals surface area (Å²) >= 11 is 0. The Kier molecular flexibility index (Phi) is 2.08. The fourth-order valence-corrected chi connectivity index (χ4v) is 0.788. The molecule has 1 heterocycles. The number of carbonyl (C=O) groups excluding carboxylic acids is 1. The van der Waals surface area contributed by atoms with Crippen LogP contribution in [0.1, 0.15) is 31.2 Å². The number of carbonyl (C=O) groups is 1. The van der Waals surface area contributed by atoms with Gasteiger partial charge in [-0.15, -0.1) is 0 Å². The molecular weight excluding hydrogens is 142 g/mol. The zero-order valence-electron chi connectivity index (χ0n) is 6.92. The average molecular weight is 153 g/mol. The molecule has 3 nitrogen and oxygen atoms in total. The molecule has 0 saturated carbocycles. The van der Waals surface area contributed by atoms with Crippen molar-refractivity contribution in [2.45, 2.75) is 26.7 Å². The summed E-state index contributed by atoms with van der Waals surface area (Å²) < 4.78 is 4.92. The normalized spacial score (nSPS) is 13.0. The maximum absolute atomic E-state index is 10.9. The highest BCUT2D eigenvalue weighted by Crippen LogP contribution is 2.16. The fourth-order valence-electron chi connectivity index (χ4n) is 0.788. The predicted molar refractivity (Wildman–Crippen MR) is 40.3 cm³/mol. The van der Waals surface area contributed by atoms with Crippen LogP contribution in [0.25, 0.3) is 0 Å². The second-order valence-electron chi connectivity index (χ2n) is 2.70. The molecule has 60 valence electrons. The van der Waals surface area contributed by atoms with Gasteiger partial charge in [0.1, 0.15) is 11.5 Å². The lowest BCUT2D eigenvalue weighted by Crippen LogP contribution is -2.02. The van der Waals surface area contributed by atoms with Crippen molar-refractivity contribution >= 4 is 5.78 Å². The number of hydrogen-bond acceptors (Lipinski definition) is 3. The van der Waals surface area contributed by atoms with Crippen molar-refractivity contribution in [2.75, 3.05) is 0 Å². The van der Waals surface area contributed by atoms with E-state index >= 15 is 0 Å². The number of Topliss-reactive ketones (excluding diaryl/α,β-unsaturated/α-hetero) is 1. The lowest BCUT2D eigenvalue weighted by Gasteiger charge is -1.99. The molecule has 0 fully saturated rings. The molecule has 0 N–H and O–H groups in total. The van der Waals surface area contributed by atoms with E-state index in [0.29, 0.717) is 5.76 Å². The van der Waals surface area contributed by atoms with Gasteiger partial charge in [-0.2, -0.15) is 0 Å². The van der Waals surface area contributed by atoms with Crippen LogP contribution in [0, 0.1) is 6.92 Å². The maximum Gasteiger partial charge on any atom is 0.147 e. The first-order chi connectivity index (χ1) is 5.11. The van der Waals surface area contributed by atoms with Crippen molar-refractivity contribution in [1.82, 2.24) is 5.16 Å². The molecule has 0 bridgehead atoms. The first-order valence-electron chi connectivity index (χ1n) is 3.55. The number of rotatable bonds is 2. The average Bonchev–Trinajstić information content (AvgIpc) is 2.34. The third-order valence-corrected chi connectivity index (χ3v) is 1.68. The van der Waals surface area contributed by atoms with Gasteiger partial charge in [-0.1, -0.05) is 5.16 Å². The van der Waals surface area contributed by atoms with Gasteiger partial charge in [0, 0.05) is 6.07 Å². The molecule has 1 atom stereocenters. The summed E-state index contributed by atoms with van der Waals surface area (Å²) in [4.78, 5) is 10.9. The number of nitrogens with zero attached hydrogens (tertiary/aromatic N) is 1. The summed E-state index contributed by atoms with van der Waals surface area (Å²) in [6.45, 7) is 5.19. The Balaban J connectivity index is 2.84. The van der Waals surface area contributed by atoms with E-state index in [1.165, 1.54) is 0 Å². The summed E-state index contributed by atoms with van der Waals surface area (Å²) in [5, 5.41) is 3.69. The quantitative estimate of drug-likeness (QED) is 0.649. The molecular formula is C8H11NO2. The van der Waals surface area contributed by atoms with Crippen molar-refractivity contribution in [1.29, 1.82) is 0 Å². The molecule has 1 rings (SSSR count). The molecule has 1 unspecified atom stereocenters. The number of aromatic nitrogens is 1. The minimum absolute atomic E-state index is 0.0983. The number of ketones is 1. The van der Waals surface area contributed by atoms with E-state index in [9.17, 15) is 4.79 Å². The highest BCUT2D eigenvalue weighted by molar-refractivity contribution is 5.82. The molecule has 0 aliphatic heterocycles. The molecule has 0 aliphatic rings. The van der Waals surface area contributed by atoms with Gasteiger partial charge in [-0.3, -0.25) is 4.79 Å². The van der Waals surface area contributed by atoms with Crippen LogP contribution in [0.5, 0.6) is 0 Å².